The van der Waals surface area contributed by atoms with Gasteiger partial charge >= 0.3 is 0 Å². The number of piperazine rings is 1. The number of halogens is 1. The summed E-state index contributed by atoms with van der Waals surface area (Å²) >= 11 is 8.18. The van der Waals surface area contributed by atoms with Crippen LogP contribution in [-0.2, 0) is 19.5 Å². The molecule has 152 valence electrons. The van der Waals surface area contributed by atoms with Gasteiger partial charge in [0.15, 0.2) is 0 Å². The van der Waals surface area contributed by atoms with Crippen LogP contribution in [0.1, 0.15) is 23.2 Å². The predicted octanol–water partition coefficient (Wildman–Crippen LogP) is 3.29. The lowest BCUT2D eigenvalue weighted by atomic mass is 10.2. The van der Waals surface area contributed by atoms with Gasteiger partial charge in [-0.1, -0.05) is 48.9 Å². The molecule has 0 saturated carbocycles. The van der Waals surface area contributed by atoms with Crippen molar-refractivity contribution in [1.29, 1.82) is 0 Å². The van der Waals surface area contributed by atoms with Crippen molar-refractivity contribution in [2.75, 3.05) is 31.1 Å². The highest BCUT2D eigenvalue weighted by Gasteiger charge is 2.22. The highest BCUT2D eigenvalue weighted by atomic mass is 35.5. The fourth-order valence-electron chi connectivity index (χ4n) is 3.51. The molecule has 3 aromatic rings. The molecule has 29 heavy (non-hydrogen) atoms. The lowest BCUT2D eigenvalue weighted by Crippen LogP contribution is -2.46. The molecule has 2 aromatic heterocycles. The molecular formula is C21H24ClN5OS. The largest absolute Gasteiger partial charge is 0.366 e. The van der Waals surface area contributed by atoms with Crippen molar-refractivity contribution in [1.82, 2.24) is 19.7 Å². The zero-order valence-electron chi connectivity index (χ0n) is 16.4. The summed E-state index contributed by atoms with van der Waals surface area (Å²) < 4.78 is 1.42. The van der Waals surface area contributed by atoms with Gasteiger partial charge in [0.2, 0.25) is 0 Å². The minimum atomic E-state index is -0.245. The van der Waals surface area contributed by atoms with E-state index in [0.717, 1.165) is 56.1 Å². The van der Waals surface area contributed by atoms with E-state index in [9.17, 15) is 4.79 Å². The third-order valence-electron chi connectivity index (χ3n) is 5.14. The fourth-order valence-corrected chi connectivity index (χ4v) is 4.51. The van der Waals surface area contributed by atoms with Gasteiger partial charge < -0.3 is 4.90 Å². The van der Waals surface area contributed by atoms with E-state index in [1.165, 1.54) is 9.69 Å². The molecule has 1 aliphatic rings. The Morgan fingerprint density at radius 2 is 1.86 bits per heavy atom. The van der Waals surface area contributed by atoms with E-state index in [1.54, 1.807) is 17.5 Å². The van der Waals surface area contributed by atoms with Crippen LogP contribution in [0, 0.1) is 0 Å². The van der Waals surface area contributed by atoms with Crippen LogP contribution in [0.2, 0.25) is 5.02 Å². The summed E-state index contributed by atoms with van der Waals surface area (Å²) in [7, 11) is 0. The van der Waals surface area contributed by atoms with Gasteiger partial charge in [0.05, 0.1) is 29.1 Å². The molecule has 0 bridgehead atoms. The second kappa shape index (κ2) is 9.07. The minimum absolute atomic E-state index is 0.245. The standard InChI is InChI=1S/C21H24ClN5OS/c1-2-19-24-17(15-29-19)14-25-8-10-26(11-9-25)18-12-23-27(21(28)20(18)22)13-16-6-4-3-5-7-16/h3-7,12,15H,2,8-11,13-14H2,1H3. The molecule has 4 rings (SSSR count). The highest BCUT2D eigenvalue weighted by Crippen LogP contribution is 2.23. The monoisotopic (exact) mass is 429 g/mol. The van der Waals surface area contributed by atoms with Gasteiger partial charge in [-0.05, 0) is 12.0 Å². The molecule has 1 aromatic carbocycles. The van der Waals surface area contributed by atoms with Crippen LogP contribution in [0.15, 0.2) is 46.7 Å². The topological polar surface area (TPSA) is 54.3 Å². The fraction of sp³-hybridized carbons (Fsp3) is 0.381. The van der Waals surface area contributed by atoms with Gasteiger partial charge in [-0.2, -0.15) is 5.10 Å². The quantitative estimate of drug-likeness (QED) is 0.601. The summed E-state index contributed by atoms with van der Waals surface area (Å²) in [4.78, 5) is 21.9. The summed E-state index contributed by atoms with van der Waals surface area (Å²) in [6, 6.07) is 9.80. The first-order chi connectivity index (χ1) is 14.1. The van der Waals surface area contributed by atoms with Gasteiger partial charge in [-0.3, -0.25) is 9.69 Å². The van der Waals surface area contributed by atoms with Gasteiger partial charge in [-0.15, -0.1) is 11.3 Å². The van der Waals surface area contributed by atoms with Crippen molar-refractivity contribution in [3.05, 3.63) is 73.6 Å². The van der Waals surface area contributed by atoms with Gasteiger partial charge in [0.25, 0.3) is 5.56 Å². The van der Waals surface area contributed by atoms with Gasteiger partial charge in [-0.25, -0.2) is 9.67 Å². The molecule has 1 saturated heterocycles. The van der Waals surface area contributed by atoms with E-state index in [-0.39, 0.29) is 10.6 Å². The second-order valence-electron chi connectivity index (χ2n) is 7.14. The molecule has 6 nitrogen and oxygen atoms in total. The van der Waals surface area contributed by atoms with Crippen molar-refractivity contribution in [2.24, 2.45) is 0 Å². The number of aromatic nitrogens is 3. The Morgan fingerprint density at radius 3 is 2.55 bits per heavy atom. The molecule has 0 spiro atoms. The zero-order valence-corrected chi connectivity index (χ0v) is 18.0. The third kappa shape index (κ3) is 4.69. The number of benzene rings is 1. The van der Waals surface area contributed by atoms with Crippen molar-refractivity contribution in [2.45, 2.75) is 26.4 Å². The van der Waals surface area contributed by atoms with Crippen molar-refractivity contribution < 1.29 is 0 Å². The van der Waals surface area contributed by atoms with Crippen molar-refractivity contribution >= 4 is 28.6 Å². The number of anilines is 1. The number of rotatable bonds is 6. The smallest absolute Gasteiger partial charge is 0.287 e. The summed E-state index contributed by atoms with van der Waals surface area (Å²) in [6.07, 6.45) is 2.70. The Morgan fingerprint density at radius 1 is 1.10 bits per heavy atom. The Balaban J connectivity index is 1.40. The maximum Gasteiger partial charge on any atom is 0.287 e. The number of thiazole rings is 1. The maximum absolute atomic E-state index is 12.7. The number of nitrogens with zero attached hydrogens (tertiary/aromatic N) is 5. The predicted molar refractivity (Wildman–Crippen MR) is 118 cm³/mol. The highest BCUT2D eigenvalue weighted by molar-refractivity contribution is 7.09. The minimum Gasteiger partial charge on any atom is -0.366 e. The van der Waals surface area contributed by atoms with Crippen LogP contribution in [0.4, 0.5) is 5.69 Å². The van der Waals surface area contributed by atoms with E-state index in [4.69, 9.17) is 11.6 Å². The van der Waals surface area contributed by atoms with Gasteiger partial charge in [0.1, 0.15) is 5.02 Å². The molecule has 0 N–H and O–H groups in total. The van der Waals surface area contributed by atoms with Crippen LogP contribution in [-0.4, -0.2) is 45.8 Å². The number of aryl methyl sites for hydroxylation is 1. The van der Waals surface area contributed by atoms with Crippen LogP contribution in [0.25, 0.3) is 0 Å². The third-order valence-corrected chi connectivity index (χ3v) is 6.54. The molecule has 0 amide bonds. The summed E-state index contributed by atoms with van der Waals surface area (Å²) in [5, 5.41) is 7.95. The molecule has 0 unspecified atom stereocenters. The zero-order chi connectivity index (χ0) is 20.2. The first-order valence-electron chi connectivity index (χ1n) is 9.84. The molecule has 0 atom stereocenters. The van der Waals surface area contributed by atoms with Gasteiger partial charge in [0, 0.05) is 38.1 Å². The Labute approximate surface area is 179 Å². The van der Waals surface area contributed by atoms with Crippen LogP contribution in [0.3, 0.4) is 0 Å². The molecule has 0 radical (unpaired) electrons. The Kier molecular flexibility index (Phi) is 6.28. The van der Waals surface area contributed by atoms with E-state index >= 15 is 0 Å². The number of hydrogen-bond acceptors (Lipinski definition) is 6. The SMILES string of the molecule is CCc1nc(CN2CCN(c3cnn(Cc4ccccc4)c(=O)c3Cl)CC2)cs1. The summed E-state index contributed by atoms with van der Waals surface area (Å²) in [6.45, 7) is 6.86. The van der Waals surface area contributed by atoms with E-state index in [1.807, 2.05) is 30.3 Å². The lowest BCUT2D eigenvalue weighted by molar-refractivity contribution is 0.247. The van der Waals surface area contributed by atoms with E-state index in [2.05, 4.69) is 32.2 Å². The Bertz CT molecular complexity index is 1010. The number of hydrogen-bond donors (Lipinski definition) is 0. The average molecular weight is 430 g/mol. The van der Waals surface area contributed by atoms with Crippen LogP contribution >= 0.6 is 22.9 Å². The molecule has 3 heterocycles. The van der Waals surface area contributed by atoms with Crippen molar-refractivity contribution in [3.8, 4) is 0 Å². The van der Waals surface area contributed by atoms with Crippen molar-refractivity contribution in [3.63, 3.8) is 0 Å². The normalized spacial score (nSPS) is 15.0. The van der Waals surface area contributed by atoms with E-state index < -0.39 is 0 Å². The molecule has 1 aliphatic heterocycles. The van der Waals surface area contributed by atoms with Crippen LogP contribution < -0.4 is 10.5 Å². The summed E-state index contributed by atoms with van der Waals surface area (Å²) in [5.74, 6) is 0. The summed E-state index contributed by atoms with van der Waals surface area (Å²) in [5.41, 5.74) is 2.64. The first-order valence-corrected chi connectivity index (χ1v) is 11.1. The Hall–Kier alpha value is -2.22. The molecule has 0 aliphatic carbocycles. The molecule has 8 heteroatoms. The average Bonchev–Trinajstić information content (AvgIpc) is 3.21. The first kappa shape index (κ1) is 20.1. The second-order valence-corrected chi connectivity index (χ2v) is 8.46. The lowest BCUT2D eigenvalue weighted by Gasteiger charge is -2.35. The molecule has 1 fully saturated rings. The van der Waals surface area contributed by atoms with E-state index in [0.29, 0.717) is 6.54 Å². The molecular weight excluding hydrogens is 406 g/mol. The van der Waals surface area contributed by atoms with Crippen LogP contribution in [0.5, 0.6) is 0 Å². The maximum atomic E-state index is 12.7.